The first kappa shape index (κ1) is 12.2. The summed E-state index contributed by atoms with van der Waals surface area (Å²) in [7, 11) is 0. The number of hydrogen-bond donors (Lipinski definition) is 1. The molecule has 0 amide bonds. The van der Waals surface area contributed by atoms with Gasteiger partial charge in [-0.1, -0.05) is 11.3 Å². The number of hydrogen-bond acceptors (Lipinski definition) is 5. The molecule has 0 aliphatic rings. The van der Waals surface area contributed by atoms with E-state index in [0.29, 0.717) is 6.54 Å². The Morgan fingerprint density at radius 1 is 1.35 bits per heavy atom. The van der Waals surface area contributed by atoms with Gasteiger partial charge in [0.15, 0.2) is 0 Å². The summed E-state index contributed by atoms with van der Waals surface area (Å²) in [5.74, 6) is 0. The Morgan fingerprint density at radius 3 is 2.76 bits per heavy atom. The third-order valence-corrected chi connectivity index (χ3v) is 4.44. The zero-order chi connectivity index (χ0) is 12.3. The van der Waals surface area contributed by atoms with Crippen molar-refractivity contribution >= 4 is 27.7 Å². The number of aryl methyl sites for hydroxylation is 1. The molecule has 2 rings (SSSR count). The number of nitrogens with one attached hydrogen (secondary N) is 1. The largest absolute Gasteiger partial charge is 0.324 e. The predicted molar refractivity (Wildman–Crippen MR) is 70.6 cm³/mol. The Balaban J connectivity index is 1.86. The van der Waals surface area contributed by atoms with Crippen LogP contribution < -0.4 is 5.32 Å². The Morgan fingerprint density at radius 2 is 2.18 bits per heavy atom. The molecule has 0 saturated heterocycles. The van der Waals surface area contributed by atoms with Crippen molar-refractivity contribution in [2.75, 3.05) is 0 Å². The van der Waals surface area contributed by atoms with Crippen molar-refractivity contribution in [2.45, 2.75) is 20.0 Å². The van der Waals surface area contributed by atoms with E-state index in [9.17, 15) is 10.1 Å². The van der Waals surface area contributed by atoms with Crippen molar-refractivity contribution in [3.05, 3.63) is 49.0 Å². The standard InChI is InChI=1S/C11H12N2O2S2/c1-8-4-5-16-10(8)7-12-6-9-2-3-11(17-9)13(14)15/h2-5,12H,6-7H2,1H3. The Hall–Kier alpha value is -1.24. The third kappa shape index (κ3) is 3.12. The van der Waals surface area contributed by atoms with Crippen LogP contribution >= 0.6 is 22.7 Å². The van der Waals surface area contributed by atoms with Gasteiger partial charge in [0.2, 0.25) is 0 Å². The first-order chi connectivity index (χ1) is 8.16. The monoisotopic (exact) mass is 268 g/mol. The quantitative estimate of drug-likeness (QED) is 0.668. The second-order valence-corrected chi connectivity index (χ2v) is 5.77. The normalized spacial score (nSPS) is 10.6. The summed E-state index contributed by atoms with van der Waals surface area (Å²) < 4.78 is 0. The molecule has 90 valence electrons. The molecule has 0 fully saturated rings. The van der Waals surface area contributed by atoms with E-state index >= 15 is 0 Å². The smallest absolute Gasteiger partial charge is 0.307 e. The topological polar surface area (TPSA) is 55.2 Å². The van der Waals surface area contributed by atoms with Gasteiger partial charge in [0.05, 0.1) is 4.92 Å². The van der Waals surface area contributed by atoms with E-state index in [2.05, 4.69) is 23.7 Å². The predicted octanol–water partition coefficient (Wildman–Crippen LogP) is 3.32. The number of rotatable bonds is 5. The summed E-state index contributed by atoms with van der Waals surface area (Å²) in [4.78, 5) is 12.5. The van der Waals surface area contributed by atoms with E-state index in [1.165, 1.54) is 21.8 Å². The number of nitrogens with zero attached hydrogens (tertiary/aromatic N) is 1. The van der Waals surface area contributed by atoms with Crippen LogP contribution in [0.1, 0.15) is 15.3 Å². The second kappa shape index (κ2) is 5.39. The van der Waals surface area contributed by atoms with Crippen LogP contribution in [0.2, 0.25) is 0 Å². The van der Waals surface area contributed by atoms with Crippen LogP contribution in [0.5, 0.6) is 0 Å². The van der Waals surface area contributed by atoms with Crippen LogP contribution in [0.15, 0.2) is 23.6 Å². The second-order valence-electron chi connectivity index (χ2n) is 3.63. The molecule has 0 aromatic carbocycles. The lowest BCUT2D eigenvalue weighted by atomic mass is 10.3. The van der Waals surface area contributed by atoms with Crippen LogP contribution in [0.3, 0.4) is 0 Å². The SMILES string of the molecule is Cc1ccsc1CNCc1ccc([N+](=O)[O-])s1. The molecule has 6 heteroatoms. The van der Waals surface area contributed by atoms with Crippen LogP contribution in [-0.4, -0.2) is 4.92 Å². The van der Waals surface area contributed by atoms with Gasteiger partial charge in [-0.2, -0.15) is 0 Å². The molecule has 0 unspecified atom stereocenters. The fourth-order valence-electron chi connectivity index (χ4n) is 1.44. The van der Waals surface area contributed by atoms with E-state index in [-0.39, 0.29) is 9.92 Å². The summed E-state index contributed by atoms with van der Waals surface area (Å²) >= 11 is 2.95. The Kier molecular flexibility index (Phi) is 3.88. The molecular formula is C11H12N2O2S2. The molecule has 4 nitrogen and oxygen atoms in total. The highest BCUT2D eigenvalue weighted by molar-refractivity contribution is 7.15. The zero-order valence-corrected chi connectivity index (χ0v) is 10.9. The molecule has 0 atom stereocenters. The van der Waals surface area contributed by atoms with Gasteiger partial charge >= 0.3 is 5.00 Å². The summed E-state index contributed by atoms with van der Waals surface area (Å²) in [6, 6.07) is 5.45. The Labute approximate surface area is 107 Å². The average molecular weight is 268 g/mol. The lowest BCUT2D eigenvalue weighted by molar-refractivity contribution is -0.380. The minimum Gasteiger partial charge on any atom is -0.307 e. The van der Waals surface area contributed by atoms with Crippen molar-refractivity contribution in [1.82, 2.24) is 5.32 Å². The molecule has 1 N–H and O–H groups in total. The summed E-state index contributed by atoms with van der Waals surface area (Å²) in [5.41, 5.74) is 1.29. The molecule has 0 aliphatic heterocycles. The molecule has 0 bridgehead atoms. The van der Waals surface area contributed by atoms with Crippen LogP contribution in [-0.2, 0) is 13.1 Å². The minimum atomic E-state index is -0.350. The number of nitro groups is 1. The average Bonchev–Trinajstić information content (AvgIpc) is 2.89. The first-order valence-electron chi connectivity index (χ1n) is 5.13. The summed E-state index contributed by atoms with van der Waals surface area (Å²) in [6.45, 7) is 3.58. The highest BCUT2D eigenvalue weighted by atomic mass is 32.1. The molecule has 17 heavy (non-hydrogen) atoms. The minimum absolute atomic E-state index is 0.203. The van der Waals surface area contributed by atoms with Gasteiger partial charge in [0, 0.05) is 28.9 Å². The van der Waals surface area contributed by atoms with E-state index < -0.39 is 0 Å². The van der Waals surface area contributed by atoms with Crippen LogP contribution in [0.4, 0.5) is 5.00 Å². The van der Waals surface area contributed by atoms with Crippen molar-refractivity contribution in [3.63, 3.8) is 0 Å². The van der Waals surface area contributed by atoms with E-state index in [0.717, 1.165) is 11.4 Å². The fourth-order valence-corrected chi connectivity index (χ4v) is 3.11. The zero-order valence-electron chi connectivity index (χ0n) is 9.30. The highest BCUT2D eigenvalue weighted by Gasteiger charge is 2.09. The maximum Gasteiger partial charge on any atom is 0.324 e. The van der Waals surface area contributed by atoms with E-state index in [1.807, 2.05) is 0 Å². The fraction of sp³-hybridized carbons (Fsp3) is 0.273. The molecule has 0 saturated carbocycles. The Bertz CT molecular complexity index is 519. The van der Waals surface area contributed by atoms with Crippen molar-refractivity contribution in [3.8, 4) is 0 Å². The lowest BCUT2D eigenvalue weighted by Gasteiger charge is -2.01. The molecular weight excluding hydrogens is 256 g/mol. The highest BCUT2D eigenvalue weighted by Crippen LogP contribution is 2.24. The van der Waals surface area contributed by atoms with Crippen LogP contribution in [0.25, 0.3) is 0 Å². The van der Waals surface area contributed by atoms with E-state index in [4.69, 9.17) is 0 Å². The van der Waals surface area contributed by atoms with Gasteiger partial charge in [0.25, 0.3) is 0 Å². The maximum absolute atomic E-state index is 10.5. The maximum atomic E-state index is 10.5. The van der Waals surface area contributed by atoms with E-state index in [1.54, 1.807) is 23.5 Å². The van der Waals surface area contributed by atoms with Crippen molar-refractivity contribution in [2.24, 2.45) is 0 Å². The molecule has 2 heterocycles. The lowest BCUT2D eigenvalue weighted by Crippen LogP contribution is -2.11. The van der Waals surface area contributed by atoms with Gasteiger partial charge in [-0.15, -0.1) is 11.3 Å². The van der Waals surface area contributed by atoms with Crippen LogP contribution in [0, 0.1) is 17.0 Å². The summed E-state index contributed by atoms with van der Waals surface area (Å²) in [5, 5.41) is 16.1. The molecule has 0 aliphatic carbocycles. The molecule has 2 aromatic rings. The van der Waals surface area contributed by atoms with Gasteiger partial charge in [0.1, 0.15) is 0 Å². The van der Waals surface area contributed by atoms with Gasteiger partial charge in [-0.05, 0) is 30.0 Å². The van der Waals surface area contributed by atoms with Gasteiger partial charge < -0.3 is 5.32 Å². The first-order valence-corrected chi connectivity index (χ1v) is 6.83. The third-order valence-electron chi connectivity index (χ3n) is 2.38. The summed E-state index contributed by atoms with van der Waals surface area (Å²) in [6.07, 6.45) is 0. The van der Waals surface area contributed by atoms with Gasteiger partial charge in [-0.25, -0.2) is 0 Å². The molecule has 2 aromatic heterocycles. The van der Waals surface area contributed by atoms with Crippen molar-refractivity contribution in [1.29, 1.82) is 0 Å². The van der Waals surface area contributed by atoms with Gasteiger partial charge in [-0.3, -0.25) is 10.1 Å². The molecule has 0 spiro atoms. The number of thiophene rings is 2. The molecule has 0 radical (unpaired) electrons. The van der Waals surface area contributed by atoms with Crippen molar-refractivity contribution < 1.29 is 4.92 Å².